The van der Waals surface area contributed by atoms with Crippen LogP contribution in [0.2, 0.25) is 0 Å². The molecule has 0 aromatic rings. The van der Waals surface area contributed by atoms with Gasteiger partial charge in [-0.2, -0.15) is 0 Å². The van der Waals surface area contributed by atoms with Crippen LogP contribution in [0.25, 0.3) is 0 Å². The fourth-order valence-corrected chi connectivity index (χ4v) is 2.59. The van der Waals surface area contributed by atoms with Crippen molar-refractivity contribution in [1.82, 2.24) is 5.32 Å². The summed E-state index contributed by atoms with van der Waals surface area (Å²) in [7, 11) is 0. The summed E-state index contributed by atoms with van der Waals surface area (Å²) in [4.78, 5) is 15.7. The van der Waals surface area contributed by atoms with Crippen molar-refractivity contribution in [2.45, 2.75) is 45.7 Å². The summed E-state index contributed by atoms with van der Waals surface area (Å²) in [5.41, 5.74) is 0.109. The van der Waals surface area contributed by atoms with Gasteiger partial charge in [-0.25, -0.2) is 9.79 Å². The molecule has 1 heterocycles. The molecule has 0 aliphatic carbocycles. The van der Waals surface area contributed by atoms with Crippen LogP contribution in [0.5, 0.6) is 0 Å². The first-order valence-electron chi connectivity index (χ1n) is 5.66. The Labute approximate surface area is 101 Å². The van der Waals surface area contributed by atoms with Gasteiger partial charge in [-0.15, -0.1) is 0 Å². The minimum absolute atomic E-state index is 0.109. The van der Waals surface area contributed by atoms with Gasteiger partial charge in [0.25, 0.3) is 0 Å². The first-order valence-corrected chi connectivity index (χ1v) is 6.64. The van der Waals surface area contributed by atoms with E-state index < -0.39 is 6.04 Å². The monoisotopic (exact) mass is 244 g/mol. The van der Waals surface area contributed by atoms with E-state index in [0.29, 0.717) is 6.61 Å². The maximum Gasteiger partial charge on any atom is 0.330 e. The normalized spacial score (nSPS) is 28.9. The second-order valence-corrected chi connectivity index (χ2v) is 5.15. The van der Waals surface area contributed by atoms with Gasteiger partial charge in [0.2, 0.25) is 0 Å². The van der Waals surface area contributed by atoms with Gasteiger partial charge in [-0.1, -0.05) is 18.7 Å². The fourth-order valence-electron chi connectivity index (χ4n) is 1.31. The molecular weight excluding hydrogens is 224 g/mol. The number of ether oxygens (including phenoxy) is 1. The van der Waals surface area contributed by atoms with Crippen LogP contribution in [0.3, 0.4) is 0 Å². The van der Waals surface area contributed by atoms with E-state index in [9.17, 15) is 4.79 Å². The largest absolute Gasteiger partial charge is 0.464 e. The van der Waals surface area contributed by atoms with E-state index in [-0.39, 0.29) is 11.5 Å². The van der Waals surface area contributed by atoms with Crippen LogP contribution in [-0.2, 0) is 9.53 Å². The maximum absolute atomic E-state index is 11.4. The lowest BCUT2D eigenvalue weighted by atomic mass is 10.0. The Morgan fingerprint density at radius 2 is 2.38 bits per heavy atom. The quantitative estimate of drug-likeness (QED) is 0.766. The Morgan fingerprint density at radius 3 is 2.88 bits per heavy atom. The van der Waals surface area contributed by atoms with Crippen molar-refractivity contribution in [3.05, 3.63) is 0 Å². The highest BCUT2D eigenvalue weighted by Crippen LogP contribution is 2.25. The average molecular weight is 244 g/mol. The average Bonchev–Trinajstić information content (AvgIpc) is 2.61. The second kappa shape index (κ2) is 5.57. The predicted octanol–water partition coefficient (Wildman–Crippen LogP) is 1.80. The lowest BCUT2D eigenvalue weighted by molar-refractivity contribution is -0.144. The van der Waals surface area contributed by atoms with Gasteiger partial charge < -0.3 is 10.1 Å². The molecule has 1 saturated heterocycles. The summed E-state index contributed by atoms with van der Waals surface area (Å²) in [5, 5.41) is 4.20. The molecule has 2 atom stereocenters. The number of carbonyl (C=O) groups is 1. The van der Waals surface area contributed by atoms with Crippen molar-refractivity contribution in [1.29, 1.82) is 0 Å². The fraction of sp³-hybridized carbons (Fsp3) is 0.818. The molecule has 92 valence electrons. The molecule has 5 heteroatoms. The molecule has 0 bridgehead atoms. The third kappa shape index (κ3) is 3.40. The number of esters is 1. The highest BCUT2D eigenvalue weighted by atomic mass is 32.2. The molecule has 4 nitrogen and oxygen atoms in total. The van der Waals surface area contributed by atoms with Crippen molar-refractivity contribution in [2.75, 3.05) is 12.4 Å². The lowest BCUT2D eigenvalue weighted by Crippen LogP contribution is -2.40. The molecular formula is C11H20N2O2S. The SMILES string of the molecule is CCOC(=O)C(C)N=C1NC(C)(CC)CS1. The van der Waals surface area contributed by atoms with Gasteiger partial charge in [-0.3, -0.25) is 0 Å². The highest BCUT2D eigenvalue weighted by molar-refractivity contribution is 8.14. The third-order valence-electron chi connectivity index (χ3n) is 2.66. The summed E-state index contributed by atoms with van der Waals surface area (Å²) in [6.45, 7) is 8.27. The van der Waals surface area contributed by atoms with Gasteiger partial charge in [0, 0.05) is 11.3 Å². The topological polar surface area (TPSA) is 50.7 Å². The van der Waals surface area contributed by atoms with Gasteiger partial charge in [0.15, 0.2) is 5.17 Å². The van der Waals surface area contributed by atoms with E-state index in [1.54, 1.807) is 25.6 Å². The first kappa shape index (κ1) is 13.4. The minimum atomic E-state index is -0.422. The Morgan fingerprint density at radius 1 is 1.69 bits per heavy atom. The van der Waals surface area contributed by atoms with Crippen molar-refractivity contribution in [3.63, 3.8) is 0 Å². The zero-order valence-corrected chi connectivity index (χ0v) is 11.2. The Kier molecular flexibility index (Phi) is 4.65. The van der Waals surface area contributed by atoms with Crippen LogP contribution < -0.4 is 5.32 Å². The van der Waals surface area contributed by atoms with Crippen LogP contribution in [0.15, 0.2) is 4.99 Å². The Balaban J connectivity index is 2.56. The van der Waals surface area contributed by atoms with Gasteiger partial charge in [0.1, 0.15) is 6.04 Å². The standard InChI is InChI=1S/C11H20N2O2S/c1-5-11(4)7-16-10(13-11)12-8(3)9(14)15-6-2/h8H,5-7H2,1-4H3,(H,12,13). The van der Waals surface area contributed by atoms with Crippen LogP contribution in [0.1, 0.15) is 34.1 Å². The summed E-state index contributed by atoms with van der Waals surface area (Å²) in [6.07, 6.45) is 1.05. The molecule has 2 unspecified atom stereocenters. The van der Waals surface area contributed by atoms with Gasteiger partial charge in [-0.05, 0) is 27.2 Å². The molecule has 1 N–H and O–H groups in total. The third-order valence-corrected chi connectivity index (χ3v) is 3.92. The van der Waals surface area contributed by atoms with Crippen molar-refractivity contribution in [2.24, 2.45) is 4.99 Å². The zero-order valence-electron chi connectivity index (χ0n) is 10.4. The van der Waals surface area contributed by atoms with Crippen molar-refractivity contribution in [3.8, 4) is 0 Å². The summed E-state index contributed by atoms with van der Waals surface area (Å²) < 4.78 is 4.91. The smallest absolute Gasteiger partial charge is 0.330 e. The van der Waals surface area contributed by atoms with E-state index in [1.165, 1.54) is 0 Å². The molecule has 1 aliphatic rings. The maximum atomic E-state index is 11.4. The van der Waals surface area contributed by atoms with Crippen LogP contribution in [0.4, 0.5) is 0 Å². The number of hydrogen-bond donors (Lipinski definition) is 1. The van der Waals surface area contributed by atoms with Gasteiger partial charge >= 0.3 is 5.97 Å². The number of nitrogens with zero attached hydrogens (tertiary/aromatic N) is 1. The second-order valence-electron chi connectivity index (χ2n) is 4.19. The molecule has 0 radical (unpaired) electrons. The molecule has 1 aliphatic heterocycles. The van der Waals surface area contributed by atoms with E-state index >= 15 is 0 Å². The summed E-state index contributed by atoms with van der Waals surface area (Å²) in [5.74, 6) is 0.736. The lowest BCUT2D eigenvalue weighted by Gasteiger charge is -2.21. The van der Waals surface area contributed by atoms with Crippen LogP contribution in [0, 0.1) is 0 Å². The number of carbonyl (C=O) groups excluding carboxylic acids is 1. The molecule has 0 amide bonds. The number of hydrogen-bond acceptors (Lipinski definition) is 4. The van der Waals surface area contributed by atoms with E-state index in [2.05, 4.69) is 24.2 Å². The van der Waals surface area contributed by atoms with Crippen molar-refractivity contribution < 1.29 is 9.53 Å². The van der Waals surface area contributed by atoms with E-state index in [0.717, 1.165) is 17.3 Å². The highest BCUT2D eigenvalue weighted by Gasteiger charge is 2.31. The zero-order chi connectivity index (χ0) is 12.2. The van der Waals surface area contributed by atoms with Crippen LogP contribution in [-0.4, -0.2) is 35.1 Å². The number of aliphatic imine (C=N–C) groups is 1. The minimum Gasteiger partial charge on any atom is -0.464 e. The number of nitrogens with one attached hydrogen (secondary N) is 1. The first-order chi connectivity index (χ1) is 7.50. The molecule has 16 heavy (non-hydrogen) atoms. The number of amidine groups is 1. The molecule has 0 saturated carbocycles. The van der Waals surface area contributed by atoms with Crippen LogP contribution >= 0.6 is 11.8 Å². The molecule has 0 spiro atoms. The number of thioether (sulfide) groups is 1. The molecule has 0 aromatic heterocycles. The van der Waals surface area contributed by atoms with E-state index in [4.69, 9.17) is 4.74 Å². The van der Waals surface area contributed by atoms with E-state index in [1.807, 2.05) is 0 Å². The molecule has 1 fully saturated rings. The summed E-state index contributed by atoms with van der Waals surface area (Å²) in [6, 6.07) is -0.422. The van der Waals surface area contributed by atoms with Crippen molar-refractivity contribution >= 4 is 22.9 Å². The number of rotatable bonds is 4. The van der Waals surface area contributed by atoms with Gasteiger partial charge in [0.05, 0.1) is 6.61 Å². The Hall–Kier alpha value is -0.710. The molecule has 0 aromatic carbocycles. The molecule has 1 rings (SSSR count). The summed E-state index contributed by atoms with van der Waals surface area (Å²) >= 11 is 1.67. The predicted molar refractivity (Wildman–Crippen MR) is 67.8 cm³/mol. The Bertz CT molecular complexity index is 294.